The van der Waals surface area contributed by atoms with Crippen molar-refractivity contribution in [2.75, 3.05) is 46.2 Å². The van der Waals surface area contributed by atoms with E-state index in [-0.39, 0.29) is 12.9 Å². The van der Waals surface area contributed by atoms with E-state index in [1.165, 1.54) is 0 Å². The maximum atomic E-state index is 10.7. The molecule has 0 fully saturated rings. The predicted octanol–water partition coefficient (Wildman–Crippen LogP) is 1.54. The molecule has 0 saturated carbocycles. The van der Waals surface area contributed by atoms with Crippen LogP contribution < -0.4 is 0 Å². The second-order valence-corrected chi connectivity index (χ2v) is 3.73. The van der Waals surface area contributed by atoms with Crippen LogP contribution in [0.4, 0.5) is 0 Å². The van der Waals surface area contributed by atoms with E-state index in [0.717, 1.165) is 6.08 Å². The zero-order valence-corrected chi connectivity index (χ0v) is 12.5. The average molecular weight is 290 g/mol. The van der Waals surface area contributed by atoms with Crippen LogP contribution in [0.5, 0.6) is 0 Å². The number of carbonyl (C=O) groups excluding carboxylic acids is 1. The highest BCUT2D eigenvalue weighted by molar-refractivity contribution is 5.81. The molecule has 0 aliphatic rings. The second kappa shape index (κ2) is 14.5. The van der Waals surface area contributed by atoms with E-state index < -0.39 is 5.97 Å². The topological polar surface area (TPSA) is 63.2 Å². The molecule has 0 aromatic rings. The monoisotopic (exact) mass is 290 g/mol. The van der Waals surface area contributed by atoms with Crippen LogP contribution >= 0.6 is 0 Å². The van der Waals surface area contributed by atoms with E-state index in [2.05, 4.69) is 6.58 Å². The second-order valence-electron chi connectivity index (χ2n) is 3.73. The molecule has 0 unspecified atom stereocenters. The van der Waals surface area contributed by atoms with Crippen LogP contribution in [0.2, 0.25) is 0 Å². The quantitative estimate of drug-likeness (QED) is 0.209. The van der Waals surface area contributed by atoms with E-state index in [1.807, 2.05) is 13.8 Å². The lowest BCUT2D eigenvalue weighted by Crippen LogP contribution is -2.20. The standard InChI is InChI=1S/C14H26O6/c1-4-13(15)20-12-11-17-10-9-16-8-7-14(18-5-2)19-6-3/h4,14H,1,5-12H2,2-3H3. The summed E-state index contributed by atoms with van der Waals surface area (Å²) >= 11 is 0. The minimum Gasteiger partial charge on any atom is -0.460 e. The molecule has 0 bridgehead atoms. The van der Waals surface area contributed by atoms with Crippen molar-refractivity contribution in [3.63, 3.8) is 0 Å². The average Bonchev–Trinajstić information content (AvgIpc) is 2.45. The molecular formula is C14H26O6. The van der Waals surface area contributed by atoms with Crippen molar-refractivity contribution in [2.24, 2.45) is 0 Å². The first-order chi connectivity index (χ1) is 9.74. The van der Waals surface area contributed by atoms with Crippen molar-refractivity contribution in [3.8, 4) is 0 Å². The first-order valence-corrected chi connectivity index (χ1v) is 6.92. The van der Waals surface area contributed by atoms with Gasteiger partial charge in [-0.15, -0.1) is 0 Å². The molecule has 0 atom stereocenters. The van der Waals surface area contributed by atoms with Crippen molar-refractivity contribution in [1.82, 2.24) is 0 Å². The predicted molar refractivity (Wildman–Crippen MR) is 74.5 cm³/mol. The van der Waals surface area contributed by atoms with E-state index in [9.17, 15) is 4.79 Å². The van der Waals surface area contributed by atoms with Gasteiger partial charge in [0.25, 0.3) is 0 Å². The van der Waals surface area contributed by atoms with Gasteiger partial charge in [-0.3, -0.25) is 0 Å². The summed E-state index contributed by atoms with van der Waals surface area (Å²) in [5, 5.41) is 0. The molecule has 0 aromatic carbocycles. The third-order valence-corrected chi connectivity index (χ3v) is 2.21. The molecule has 0 heterocycles. The molecule has 118 valence electrons. The Labute approximate surface area is 121 Å². The van der Waals surface area contributed by atoms with Crippen LogP contribution in [0.25, 0.3) is 0 Å². The minimum absolute atomic E-state index is 0.204. The van der Waals surface area contributed by atoms with Gasteiger partial charge in [0, 0.05) is 25.7 Å². The Kier molecular flexibility index (Phi) is 13.8. The summed E-state index contributed by atoms with van der Waals surface area (Å²) in [6.45, 7) is 10.5. The molecular weight excluding hydrogens is 264 g/mol. The lowest BCUT2D eigenvalue weighted by atomic mass is 10.4. The maximum Gasteiger partial charge on any atom is 0.330 e. The van der Waals surface area contributed by atoms with E-state index in [1.54, 1.807) is 0 Å². The molecule has 6 nitrogen and oxygen atoms in total. The molecule has 0 rings (SSSR count). The Morgan fingerprint density at radius 3 is 2.10 bits per heavy atom. The fourth-order valence-electron chi connectivity index (χ4n) is 1.35. The SMILES string of the molecule is C=CC(=O)OCCOCCOCCC(OCC)OCC. The van der Waals surface area contributed by atoms with Crippen LogP contribution in [-0.2, 0) is 28.5 Å². The smallest absolute Gasteiger partial charge is 0.330 e. The van der Waals surface area contributed by atoms with E-state index >= 15 is 0 Å². The summed E-state index contributed by atoms with van der Waals surface area (Å²) in [5.74, 6) is -0.442. The number of ether oxygens (including phenoxy) is 5. The largest absolute Gasteiger partial charge is 0.460 e. The number of rotatable bonds is 14. The zero-order valence-electron chi connectivity index (χ0n) is 12.5. The molecule has 20 heavy (non-hydrogen) atoms. The summed E-state index contributed by atoms with van der Waals surface area (Å²) < 4.78 is 26.1. The Morgan fingerprint density at radius 1 is 1.00 bits per heavy atom. The van der Waals surface area contributed by atoms with E-state index in [4.69, 9.17) is 23.7 Å². The van der Waals surface area contributed by atoms with Crippen LogP contribution in [0.15, 0.2) is 12.7 Å². The Bertz CT molecular complexity index is 238. The molecule has 0 aliphatic carbocycles. The molecule has 0 radical (unpaired) electrons. The fourth-order valence-corrected chi connectivity index (χ4v) is 1.35. The highest BCUT2D eigenvalue weighted by Gasteiger charge is 2.06. The summed E-state index contributed by atoms with van der Waals surface area (Å²) in [5.41, 5.74) is 0. The van der Waals surface area contributed by atoms with Crippen molar-refractivity contribution in [2.45, 2.75) is 26.6 Å². The number of hydrogen-bond acceptors (Lipinski definition) is 6. The van der Waals surface area contributed by atoms with Gasteiger partial charge < -0.3 is 23.7 Å². The lowest BCUT2D eigenvalue weighted by molar-refractivity contribution is -0.147. The number of carbonyl (C=O) groups is 1. The molecule has 0 saturated heterocycles. The van der Waals surface area contributed by atoms with Gasteiger partial charge in [0.1, 0.15) is 6.61 Å². The minimum atomic E-state index is -0.442. The van der Waals surface area contributed by atoms with Gasteiger partial charge in [-0.2, -0.15) is 0 Å². The summed E-state index contributed by atoms with van der Waals surface area (Å²) in [6, 6.07) is 0. The van der Waals surface area contributed by atoms with Crippen LogP contribution in [-0.4, -0.2) is 58.5 Å². The number of esters is 1. The molecule has 0 spiro atoms. The fraction of sp³-hybridized carbons (Fsp3) is 0.786. The van der Waals surface area contributed by atoms with Gasteiger partial charge in [0.2, 0.25) is 0 Å². The highest BCUT2D eigenvalue weighted by atomic mass is 16.7. The summed E-state index contributed by atoms with van der Waals surface area (Å²) in [7, 11) is 0. The van der Waals surface area contributed by atoms with Gasteiger partial charge in [-0.25, -0.2) is 4.79 Å². The van der Waals surface area contributed by atoms with Crippen molar-refractivity contribution >= 4 is 5.97 Å². The van der Waals surface area contributed by atoms with E-state index in [0.29, 0.717) is 46.1 Å². The first-order valence-electron chi connectivity index (χ1n) is 6.92. The maximum absolute atomic E-state index is 10.7. The van der Waals surface area contributed by atoms with Gasteiger partial charge in [-0.1, -0.05) is 6.58 Å². The Morgan fingerprint density at radius 2 is 1.55 bits per heavy atom. The molecule has 0 amide bonds. The van der Waals surface area contributed by atoms with Crippen molar-refractivity contribution < 1.29 is 28.5 Å². The third-order valence-electron chi connectivity index (χ3n) is 2.21. The molecule has 6 heteroatoms. The summed E-state index contributed by atoms with van der Waals surface area (Å²) in [6.07, 6.45) is 1.61. The van der Waals surface area contributed by atoms with Crippen LogP contribution in [0.1, 0.15) is 20.3 Å². The molecule has 0 N–H and O–H groups in total. The number of hydrogen-bond donors (Lipinski definition) is 0. The Balaban J connectivity index is 3.30. The highest BCUT2D eigenvalue weighted by Crippen LogP contribution is 2.01. The summed E-state index contributed by atoms with van der Waals surface area (Å²) in [4.78, 5) is 10.7. The van der Waals surface area contributed by atoms with Crippen molar-refractivity contribution in [1.29, 1.82) is 0 Å². The lowest BCUT2D eigenvalue weighted by Gasteiger charge is -2.16. The molecule has 0 aromatic heterocycles. The molecule has 0 aliphatic heterocycles. The normalized spacial score (nSPS) is 10.8. The van der Waals surface area contributed by atoms with Crippen molar-refractivity contribution in [3.05, 3.63) is 12.7 Å². The van der Waals surface area contributed by atoms with Gasteiger partial charge >= 0.3 is 5.97 Å². The zero-order chi connectivity index (χ0) is 15.1. The van der Waals surface area contributed by atoms with Gasteiger partial charge in [0.05, 0.1) is 26.4 Å². The van der Waals surface area contributed by atoms with Gasteiger partial charge in [0.15, 0.2) is 6.29 Å². The van der Waals surface area contributed by atoms with Gasteiger partial charge in [-0.05, 0) is 13.8 Å². The first kappa shape index (κ1) is 19.1. The third kappa shape index (κ3) is 12.1. The van der Waals surface area contributed by atoms with Crippen LogP contribution in [0.3, 0.4) is 0 Å². The van der Waals surface area contributed by atoms with Crippen LogP contribution in [0, 0.1) is 0 Å². The Hall–Kier alpha value is -0.950.